The van der Waals surface area contributed by atoms with Crippen LogP contribution >= 0.6 is 0 Å². The van der Waals surface area contributed by atoms with Crippen LogP contribution in [0.4, 0.5) is 8.78 Å². The van der Waals surface area contributed by atoms with Crippen molar-refractivity contribution in [3.63, 3.8) is 0 Å². The number of amides is 1. The number of carbonyl (C=O) groups is 2. The summed E-state index contributed by atoms with van der Waals surface area (Å²) in [6, 6.07) is 8.31. The Morgan fingerprint density at radius 3 is 2.32 bits per heavy atom. The lowest BCUT2D eigenvalue weighted by Gasteiger charge is -2.27. The maximum Gasteiger partial charge on any atom is 0.287 e. The molecule has 2 heterocycles. The number of nitrogens with one attached hydrogen (secondary N) is 1. The Bertz CT molecular complexity index is 1430. The number of aryl methyl sites for hydroxylation is 2. The van der Waals surface area contributed by atoms with Crippen LogP contribution in [0.5, 0.6) is 0 Å². The molecule has 0 spiro atoms. The molecule has 1 aromatic carbocycles. The van der Waals surface area contributed by atoms with E-state index in [1.165, 1.54) is 11.8 Å². The first kappa shape index (κ1) is 31.8. The highest BCUT2D eigenvalue weighted by atomic mass is 19.3. The Balaban J connectivity index is 2.02. The fourth-order valence-electron chi connectivity index (χ4n) is 5.11. The molecule has 7 nitrogen and oxygen atoms in total. The number of halogens is 2. The summed E-state index contributed by atoms with van der Waals surface area (Å²) >= 11 is 0. The van der Waals surface area contributed by atoms with Crippen molar-refractivity contribution in [3.8, 4) is 11.1 Å². The van der Waals surface area contributed by atoms with E-state index in [1.54, 1.807) is 26.5 Å². The molecule has 220 valence electrons. The predicted octanol–water partition coefficient (Wildman–Crippen LogP) is 5.60. The van der Waals surface area contributed by atoms with E-state index in [2.05, 4.69) is 10.3 Å². The average molecular weight is 567 g/mol. The number of rotatable bonds is 12. The van der Waals surface area contributed by atoms with Gasteiger partial charge in [0.05, 0.1) is 12.6 Å². The summed E-state index contributed by atoms with van der Waals surface area (Å²) < 4.78 is 31.0. The van der Waals surface area contributed by atoms with E-state index >= 15 is 0 Å². The Hall–Kier alpha value is -3.72. The van der Waals surface area contributed by atoms with Crippen LogP contribution in [-0.4, -0.2) is 46.8 Å². The molecule has 3 rings (SSSR count). The summed E-state index contributed by atoms with van der Waals surface area (Å²) in [5, 5.41) is 2.94. The lowest BCUT2D eigenvalue weighted by Crippen LogP contribution is -2.40. The highest BCUT2D eigenvalue weighted by Gasteiger charge is 2.34. The number of aromatic nitrogens is 2. The largest absolute Gasteiger partial charge is 0.347 e. The summed E-state index contributed by atoms with van der Waals surface area (Å²) in [6.45, 7) is 8.69. The Kier molecular flexibility index (Phi) is 10.3. The van der Waals surface area contributed by atoms with E-state index in [0.29, 0.717) is 5.56 Å². The van der Waals surface area contributed by atoms with E-state index in [0.717, 1.165) is 45.2 Å². The second-order valence-electron chi connectivity index (χ2n) is 11.5. The van der Waals surface area contributed by atoms with Gasteiger partial charge in [0, 0.05) is 42.2 Å². The van der Waals surface area contributed by atoms with Crippen LogP contribution in [0, 0.1) is 19.8 Å². The third-order valence-corrected chi connectivity index (χ3v) is 6.95. The third-order valence-electron chi connectivity index (χ3n) is 6.95. The van der Waals surface area contributed by atoms with Crippen molar-refractivity contribution in [3.05, 3.63) is 87.6 Å². The van der Waals surface area contributed by atoms with Gasteiger partial charge in [-0.1, -0.05) is 32.0 Å². The van der Waals surface area contributed by atoms with Gasteiger partial charge < -0.3 is 14.8 Å². The molecule has 41 heavy (non-hydrogen) atoms. The first-order chi connectivity index (χ1) is 19.2. The molecule has 0 fully saturated rings. The monoisotopic (exact) mass is 566 g/mol. The van der Waals surface area contributed by atoms with Gasteiger partial charge >= 0.3 is 0 Å². The van der Waals surface area contributed by atoms with Crippen molar-refractivity contribution in [2.24, 2.45) is 5.92 Å². The fraction of sp³-hybridized carbons (Fsp3) is 0.438. The number of Topliss-reactive ketones (excluding diaryl/α,β-unsaturated/α-hetero) is 1. The molecule has 9 heteroatoms. The van der Waals surface area contributed by atoms with Crippen molar-refractivity contribution in [1.82, 2.24) is 19.8 Å². The average Bonchev–Trinajstić information content (AvgIpc) is 2.86. The first-order valence-electron chi connectivity index (χ1n) is 13.8. The van der Waals surface area contributed by atoms with Gasteiger partial charge in [0.1, 0.15) is 11.8 Å². The number of alkyl halides is 2. The van der Waals surface area contributed by atoms with Crippen LogP contribution in [0.1, 0.15) is 68.0 Å². The molecule has 0 aliphatic heterocycles. The molecule has 1 amide bonds. The number of carbonyl (C=O) groups excluding carboxylic acids is 2. The van der Waals surface area contributed by atoms with Gasteiger partial charge in [-0.25, -0.2) is 0 Å². The van der Waals surface area contributed by atoms with Gasteiger partial charge in [0.25, 0.3) is 11.5 Å². The number of nitrogens with zero attached hydrogens (tertiary/aromatic N) is 3. The third kappa shape index (κ3) is 8.16. The Labute approximate surface area is 240 Å². The SMILES string of the molecule is CC(=O)C[C@H](NC(=O)[C@H](CC(C)C)n1cc(C(F)(F)CN(C)C)ccc1=O)c1cncc(-c2c(C)cccc2C)c1. The van der Waals surface area contributed by atoms with Crippen molar-refractivity contribution in [2.45, 2.75) is 65.5 Å². The number of likely N-dealkylation sites (N-methyl/N-ethyl adjacent to an activating group) is 1. The second-order valence-corrected chi connectivity index (χ2v) is 11.5. The number of hydrogen-bond acceptors (Lipinski definition) is 5. The Morgan fingerprint density at radius 1 is 1.07 bits per heavy atom. The highest BCUT2D eigenvalue weighted by molar-refractivity contribution is 5.83. The summed E-state index contributed by atoms with van der Waals surface area (Å²) in [5.41, 5.74) is 3.74. The van der Waals surface area contributed by atoms with Crippen molar-refractivity contribution in [1.29, 1.82) is 0 Å². The summed E-state index contributed by atoms with van der Waals surface area (Å²) in [5.74, 6) is -3.92. The topological polar surface area (TPSA) is 84.3 Å². The molecule has 0 aliphatic rings. The molecule has 0 radical (unpaired) electrons. The number of hydrogen-bond donors (Lipinski definition) is 1. The highest BCUT2D eigenvalue weighted by Crippen LogP contribution is 2.31. The molecular formula is C32H40F2N4O3. The van der Waals surface area contributed by atoms with Crippen LogP contribution < -0.4 is 10.9 Å². The van der Waals surface area contributed by atoms with Crippen LogP contribution in [0.15, 0.2) is 59.8 Å². The molecule has 0 saturated carbocycles. The van der Waals surface area contributed by atoms with Crippen molar-refractivity contribution < 1.29 is 18.4 Å². The van der Waals surface area contributed by atoms with E-state index in [4.69, 9.17) is 0 Å². The van der Waals surface area contributed by atoms with Gasteiger partial charge in [0.2, 0.25) is 5.91 Å². The fourth-order valence-corrected chi connectivity index (χ4v) is 5.11. The van der Waals surface area contributed by atoms with E-state index in [-0.39, 0.29) is 30.1 Å². The predicted molar refractivity (Wildman–Crippen MR) is 157 cm³/mol. The summed E-state index contributed by atoms with van der Waals surface area (Å²) in [6.07, 6.45) is 4.68. The minimum Gasteiger partial charge on any atom is -0.347 e. The molecule has 0 bridgehead atoms. The quantitative estimate of drug-likeness (QED) is 0.308. The maximum atomic E-state index is 15.0. The number of pyridine rings is 2. The molecule has 0 unspecified atom stereocenters. The molecule has 0 aliphatic carbocycles. The van der Waals surface area contributed by atoms with E-state index < -0.39 is 36.0 Å². The van der Waals surface area contributed by atoms with Gasteiger partial charge in [0.15, 0.2) is 0 Å². The number of benzene rings is 1. The lowest BCUT2D eigenvalue weighted by molar-refractivity contribution is -0.126. The molecule has 2 atom stereocenters. The van der Waals surface area contributed by atoms with Crippen molar-refractivity contribution >= 4 is 11.7 Å². The zero-order chi connectivity index (χ0) is 30.5. The molecule has 2 aromatic heterocycles. The molecule has 3 aromatic rings. The maximum absolute atomic E-state index is 15.0. The minimum atomic E-state index is -3.23. The van der Waals surface area contributed by atoms with Crippen LogP contribution in [0.25, 0.3) is 11.1 Å². The molecular weight excluding hydrogens is 526 g/mol. The number of ketones is 1. The summed E-state index contributed by atoms with van der Waals surface area (Å²) in [7, 11) is 3.08. The molecule has 0 saturated heterocycles. The normalized spacial score (nSPS) is 13.3. The van der Waals surface area contributed by atoms with Gasteiger partial charge in [-0.05, 0) is 81.6 Å². The van der Waals surface area contributed by atoms with Crippen LogP contribution in [-0.2, 0) is 15.5 Å². The lowest BCUT2D eigenvalue weighted by atomic mass is 9.94. The van der Waals surface area contributed by atoms with Gasteiger partial charge in [-0.2, -0.15) is 8.78 Å². The van der Waals surface area contributed by atoms with E-state index in [9.17, 15) is 23.2 Å². The second kappa shape index (κ2) is 13.3. The summed E-state index contributed by atoms with van der Waals surface area (Å²) in [4.78, 5) is 44.7. The first-order valence-corrected chi connectivity index (χ1v) is 13.8. The van der Waals surface area contributed by atoms with Gasteiger partial charge in [-0.3, -0.25) is 19.4 Å². The Morgan fingerprint density at radius 2 is 1.73 bits per heavy atom. The van der Waals surface area contributed by atoms with Gasteiger partial charge in [-0.15, -0.1) is 0 Å². The van der Waals surface area contributed by atoms with Crippen LogP contribution in [0.3, 0.4) is 0 Å². The zero-order valence-electron chi connectivity index (χ0n) is 24.9. The van der Waals surface area contributed by atoms with Crippen LogP contribution in [0.2, 0.25) is 0 Å². The zero-order valence-corrected chi connectivity index (χ0v) is 24.9. The molecule has 1 N–H and O–H groups in total. The van der Waals surface area contributed by atoms with Crippen molar-refractivity contribution in [2.75, 3.05) is 20.6 Å². The standard InChI is InChI=1S/C32H40F2N4O3/c1-20(2)13-28(38-18-26(11-12-29(38)40)32(33,34)19-37(6)7)31(41)36-27(14-23(5)39)24-15-25(17-35-16-24)30-21(3)9-8-10-22(30)4/h8-12,15-18,20,27-28H,13-14,19H2,1-7H3,(H,36,41)/t27-,28-/m0/s1. The minimum absolute atomic E-state index is 0.00781. The smallest absolute Gasteiger partial charge is 0.287 e. The van der Waals surface area contributed by atoms with E-state index in [1.807, 2.05) is 52.0 Å².